The van der Waals surface area contributed by atoms with Gasteiger partial charge in [0.1, 0.15) is 12.2 Å². The molecule has 1 atom stereocenters. The van der Waals surface area contributed by atoms with Gasteiger partial charge < -0.3 is 19.1 Å². The van der Waals surface area contributed by atoms with E-state index in [1.165, 1.54) is 13.2 Å². The average Bonchev–Trinajstić information content (AvgIpc) is 3.01. The Hall–Kier alpha value is -2.51. The van der Waals surface area contributed by atoms with Crippen molar-refractivity contribution in [3.8, 4) is 5.75 Å². The Morgan fingerprint density at radius 3 is 2.84 bits per heavy atom. The quantitative estimate of drug-likeness (QED) is 0.821. The topological polar surface area (TPSA) is 90.0 Å². The minimum absolute atomic E-state index is 0.114. The molecule has 8 heteroatoms. The number of carbonyl (C=O) groups is 2. The van der Waals surface area contributed by atoms with Crippen molar-refractivity contribution < 1.29 is 23.8 Å². The maximum absolute atomic E-state index is 12.2. The van der Waals surface area contributed by atoms with E-state index in [4.69, 9.17) is 14.2 Å². The Morgan fingerprint density at radius 1 is 1.40 bits per heavy atom. The first-order chi connectivity index (χ1) is 11.8. The lowest BCUT2D eigenvalue weighted by Gasteiger charge is -2.33. The number of fused-ring (bicyclic) bond motifs is 3. The highest BCUT2D eigenvalue weighted by atomic mass is 16.6. The lowest BCUT2D eigenvalue weighted by atomic mass is 10.2. The molecule has 1 amide bonds. The molecule has 0 spiro atoms. The predicted molar refractivity (Wildman–Crippen MR) is 91.3 cm³/mol. The fourth-order valence-electron chi connectivity index (χ4n) is 3.04. The van der Waals surface area contributed by atoms with Crippen LogP contribution in [0.25, 0.3) is 0 Å². The first-order valence-corrected chi connectivity index (χ1v) is 8.31. The number of methoxy groups -OCH3 is 1. The van der Waals surface area contributed by atoms with Crippen LogP contribution in [-0.4, -0.2) is 49.0 Å². The summed E-state index contributed by atoms with van der Waals surface area (Å²) in [7, 11) is 1.29. The molecule has 1 saturated heterocycles. The van der Waals surface area contributed by atoms with E-state index in [9.17, 15) is 9.59 Å². The SMILES string of the molecule is COC(=O)c1cc(NC(=O)OC(C)(C)C)c2c(n1)N1CCCC1CO2. The minimum atomic E-state index is -0.636. The Labute approximate surface area is 146 Å². The first kappa shape index (κ1) is 17.3. The normalized spacial score (nSPS) is 18.7. The molecule has 136 valence electrons. The van der Waals surface area contributed by atoms with E-state index in [0.717, 1.165) is 19.4 Å². The number of amides is 1. The molecule has 0 saturated carbocycles. The number of aromatic nitrogens is 1. The van der Waals surface area contributed by atoms with Crippen molar-refractivity contribution in [2.45, 2.75) is 45.3 Å². The Bertz CT molecular complexity index is 698. The van der Waals surface area contributed by atoms with E-state index < -0.39 is 17.7 Å². The zero-order valence-electron chi connectivity index (χ0n) is 14.9. The summed E-state index contributed by atoms with van der Waals surface area (Å²) in [6.45, 7) is 6.69. The van der Waals surface area contributed by atoms with Crippen molar-refractivity contribution in [3.05, 3.63) is 11.8 Å². The van der Waals surface area contributed by atoms with E-state index in [2.05, 4.69) is 15.2 Å². The molecule has 1 N–H and O–H groups in total. The van der Waals surface area contributed by atoms with Crippen molar-refractivity contribution in [1.82, 2.24) is 4.98 Å². The van der Waals surface area contributed by atoms with Crippen LogP contribution in [0.15, 0.2) is 6.07 Å². The van der Waals surface area contributed by atoms with Gasteiger partial charge in [-0.05, 0) is 39.7 Å². The van der Waals surface area contributed by atoms with E-state index in [1.54, 1.807) is 20.8 Å². The van der Waals surface area contributed by atoms with Gasteiger partial charge in [0.05, 0.1) is 18.8 Å². The fourth-order valence-corrected chi connectivity index (χ4v) is 3.04. The van der Waals surface area contributed by atoms with Crippen LogP contribution in [0.4, 0.5) is 16.3 Å². The summed E-state index contributed by atoms with van der Waals surface area (Å²) in [5.41, 5.74) is -0.169. The summed E-state index contributed by atoms with van der Waals surface area (Å²) in [4.78, 5) is 30.6. The van der Waals surface area contributed by atoms with Crippen LogP contribution < -0.4 is 15.0 Å². The Balaban J connectivity index is 1.97. The molecule has 25 heavy (non-hydrogen) atoms. The second kappa shape index (κ2) is 6.42. The molecule has 1 aromatic rings. The molecular formula is C17H23N3O5. The zero-order valence-corrected chi connectivity index (χ0v) is 14.9. The summed E-state index contributed by atoms with van der Waals surface area (Å²) in [6.07, 6.45) is 1.43. The van der Waals surface area contributed by atoms with Gasteiger partial charge in [-0.2, -0.15) is 0 Å². The monoisotopic (exact) mass is 349 g/mol. The summed E-state index contributed by atoms with van der Waals surface area (Å²) < 4.78 is 15.9. The molecule has 0 aromatic carbocycles. The molecule has 3 heterocycles. The van der Waals surface area contributed by atoms with Crippen LogP contribution in [0.2, 0.25) is 0 Å². The number of pyridine rings is 1. The molecule has 2 aliphatic rings. The number of nitrogens with zero attached hydrogens (tertiary/aromatic N) is 2. The van der Waals surface area contributed by atoms with Crippen LogP contribution >= 0.6 is 0 Å². The number of hydrogen-bond donors (Lipinski definition) is 1. The van der Waals surface area contributed by atoms with Gasteiger partial charge in [-0.25, -0.2) is 14.6 Å². The van der Waals surface area contributed by atoms with Crippen LogP contribution in [0.5, 0.6) is 5.75 Å². The van der Waals surface area contributed by atoms with E-state index in [0.29, 0.717) is 23.9 Å². The maximum Gasteiger partial charge on any atom is 0.412 e. The van der Waals surface area contributed by atoms with Gasteiger partial charge >= 0.3 is 12.1 Å². The van der Waals surface area contributed by atoms with Crippen LogP contribution in [0.1, 0.15) is 44.1 Å². The molecule has 1 fully saturated rings. The van der Waals surface area contributed by atoms with Crippen LogP contribution in [0.3, 0.4) is 0 Å². The standard InChI is InChI=1S/C17H23N3O5/c1-17(2,3)25-16(22)19-11-8-12(15(21)23-4)18-14-13(11)24-9-10-6-5-7-20(10)14/h8,10H,5-7,9H2,1-4H3,(H,18,19,22). The number of anilines is 2. The molecule has 0 radical (unpaired) electrons. The van der Waals surface area contributed by atoms with Crippen LogP contribution in [-0.2, 0) is 9.47 Å². The van der Waals surface area contributed by atoms with Gasteiger partial charge in [-0.1, -0.05) is 0 Å². The highest BCUT2D eigenvalue weighted by molar-refractivity contribution is 5.94. The summed E-state index contributed by atoms with van der Waals surface area (Å²) in [5, 5.41) is 2.67. The van der Waals surface area contributed by atoms with Gasteiger partial charge in [0.2, 0.25) is 0 Å². The molecule has 1 aromatic heterocycles. The smallest absolute Gasteiger partial charge is 0.412 e. The number of ether oxygens (including phenoxy) is 3. The van der Waals surface area contributed by atoms with Crippen molar-refractivity contribution >= 4 is 23.6 Å². The number of rotatable bonds is 2. The van der Waals surface area contributed by atoms with Gasteiger partial charge in [0.25, 0.3) is 0 Å². The Kier molecular flexibility index (Phi) is 4.45. The zero-order chi connectivity index (χ0) is 18.2. The van der Waals surface area contributed by atoms with Gasteiger partial charge in [0.15, 0.2) is 17.3 Å². The summed E-state index contributed by atoms with van der Waals surface area (Å²) >= 11 is 0. The lowest BCUT2D eigenvalue weighted by Crippen LogP contribution is -2.39. The number of carbonyl (C=O) groups excluding carboxylic acids is 2. The van der Waals surface area contributed by atoms with Crippen molar-refractivity contribution in [3.63, 3.8) is 0 Å². The highest BCUT2D eigenvalue weighted by Crippen LogP contribution is 2.42. The fraction of sp³-hybridized carbons (Fsp3) is 0.588. The number of nitrogens with one attached hydrogen (secondary N) is 1. The van der Waals surface area contributed by atoms with Crippen molar-refractivity contribution in [2.24, 2.45) is 0 Å². The minimum Gasteiger partial charge on any atom is -0.485 e. The van der Waals surface area contributed by atoms with Crippen LogP contribution in [0, 0.1) is 0 Å². The van der Waals surface area contributed by atoms with Gasteiger partial charge in [-0.3, -0.25) is 5.32 Å². The third kappa shape index (κ3) is 3.62. The molecule has 8 nitrogen and oxygen atoms in total. The molecule has 0 bridgehead atoms. The predicted octanol–water partition coefficient (Wildman–Crippen LogP) is 2.58. The van der Waals surface area contributed by atoms with Gasteiger partial charge in [0, 0.05) is 6.54 Å². The third-order valence-corrected chi connectivity index (χ3v) is 4.05. The molecule has 2 aliphatic heterocycles. The van der Waals surface area contributed by atoms with Gasteiger partial charge in [-0.15, -0.1) is 0 Å². The highest BCUT2D eigenvalue weighted by Gasteiger charge is 2.35. The number of esters is 1. The maximum atomic E-state index is 12.2. The summed E-state index contributed by atoms with van der Waals surface area (Å²) in [5.74, 6) is 0.440. The molecule has 0 aliphatic carbocycles. The van der Waals surface area contributed by atoms with Crippen molar-refractivity contribution in [1.29, 1.82) is 0 Å². The second-order valence-corrected chi connectivity index (χ2v) is 7.13. The number of hydrogen-bond acceptors (Lipinski definition) is 7. The lowest BCUT2D eigenvalue weighted by molar-refractivity contribution is 0.0589. The molecular weight excluding hydrogens is 326 g/mol. The first-order valence-electron chi connectivity index (χ1n) is 8.31. The van der Waals surface area contributed by atoms with Crippen molar-refractivity contribution in [2.75, 3.05) is 30.5 Å². The Morgan fingerprint density at radius 2 is 2.16 bits per heavy atom. The third-order valence-electron chi connectivity index (χ3n) is 4.05. The van der Waals surface area contributed by atoms with E-state index in [-0.39, 0.29) is 11.7 Å². The largest absolute Gasteiger partial charge is 0.485 e. The second-order valence-electron chi connectivity index (χ2n) is 7.13. The molecule has 1 unspecified atom stereocenters. The summed E-state index contributed by atoms with van der Waals surface area (Å²) in [6, 6.07) is 1.69. The molecule has 3 rings (SSSR count). The average molecular weight is 349 g/mol. The van der Waals surface area contributed by atoms with E-state index >= 15 is 0 Å². The van der Waals surface area contributed by atoms with E-state index in [1.807, 2.05) is 0 Å².